The van der Waals surface area contributed by atoms with Gasteiger partial charge in [-0.05, 0) is 45.6 Å². The average molecular weight is 347 g/mol. The van der Waals surface area contributed by atoms with Crippen molar-refractivity contribution >= 4 is 5.91 Å². The third-order valence-corrected chi connectivity index (χ3v) is 6.19. The number of likely N-dealkylation sites (tertiary alicyclic amines) is 1. The maximum Gasteiger partial charge on any atom is 0.240 e. The minimum atomic E-state index is 0.0846. The highest BCUT2D eigenvalue weighted by molar-refractivity contribution is 5.76. The van der Waals surface area contributed by atoms with Crippen LogP contribution in [-0.4, -0.2) is 76.1 Å². The van der Waals surface area contributed by atoms with Gasteiger partial charge in [0.25, 0.3) is 0 Å². The van der Waals surface area contributed by atoms with E-state index >= 15 is 0 Å². The summed E-state index contributed by atoms with van der Waals surface area (Å²) in [6, 6.07) is 0. The van der Waals surface area contributed by atoms with Crippen molar-refractivity contribution in [1.82, 2.24) is 24.8 Å². The van der Waals surface area contributed by atoms with Gasteiger partial charge in [0.05, 0.1) is 6.54 Å². The zero-order valence-electron chi connectivity index (χ0n) is 15.4. The number of carbonyl (C=O) groups excluding carboxylic acids is 1. The summed E-state index contributed by atoms with van der Waals surface area (Å²) < 4.78 is 5.30. The summed E-state index contributed by atoms with van der Waals surface area (Å²) >= 11 is 0. The van der Waals surface area contributed by atoms with Crippen LogP contribution >= 0.6 is 0 Å². The summed E-state index contributed by atoms with van der Waals surface area (Å²) in [5.41, 5.74) is 0.0846. The maximum atomic E-state index is 12.5. The Kier molecular flexibility index (Phi) is 4.54. The number of aromatic nitrogens is 2. The Morgan fingerprint density at radius 2 is 2.08 bits per heavy atom. The second-order valence-corrected chi connectivity index (χ2v) is 8.13. The van der Waals surface area contributed by atoms with Crippen LogP contribution in [0.3, 0.4) is 0 Å². The van der Waals surface area contributed by atoms with Gasteiger partial charge in [0, 0.05) is 44.7 Å². The van der Waals surface area contributed by atoms with Crippen molar-refractivity contribution in [2.45, 2.75) is 51.1 Å². The fourth-order valence-corrected chi connectivity index (χ4v) is 4.31. The Morgan fingerprint density at radius 3 is 2.80 bits per heavy atom. The van der Waals surface area contributed by atoms with Crippen LogP contribution in [0, 0.1) is 12.8 Å². The second-order valence-electron chi connectivity index (χ2n) is 8.13. The minimum absolute atomic E-state index is 0.0846. The third-order valence-electron chi connectivity index (χ3n) is 6.19. The van der Waals surface area contributed by atoms with Crippen molar-refractivity contribution in [3.63, 3.8) is 0 Å². The van der Waals surface area contributed by atoms with Crippen LogP contribution in [0.2, 0.25) is 0 Å². The molecule has 7 heteroatoms. The molecule has 3 heterocycles. The molecule has 0 aromatic carbocycles. The lowest BCUT2D eigenvalue weighted by atomic mass is 9.86. The monoisotopic (exact) mass is 347 g/mol. The number of carbonyl (C=O) groups is 1. The van der Waals surface area contributed by atoms with Crippen LogP contribution in [0.15, 0.2) is 4.52 Å². The molecule has 1 amide bonds. The molecule has 2 saturated heterocycles. The van der Waals surface area contributed by atoms with E-state index < -0.39 is 0 Å². The second kappa shape index (κ2) is 6.68. The zero-order chi connectivity index (χ0) is 17.4. The summed E-state index contributed by atoms with van der Waals surface area (Å²) in [7, 11) is 2.22. The molecule has 0 unspecified atom stereocenters. The smallest absolute Gasteiger partial charge is 0.240 e. The van der Waals surface area contributed by atoms with E-state index in [0.29, 0.717) is 30.6 Å². The lowest BCUT2D eigenvalue weighted by molar-refractivity contribution is -0.131. The van der Waals surface area contributed by atoms with E-state index in [-0.39, 0.29) is 5.54 Å². The van der Waals surface area contributed by atoms with Crippen molar-refractivity contribution in [2.75, 3.05) is 39.8 Å². The molecule has 1 aliphatic carbocycles. The number of likely N-dealkylation sites (N-methyl/N-ethyl adjacent to an activating group) is 1. The molecule has 1 atom stereocenters. The molecule has 1 aromatic rings. The van der Waals surface area contributed by atoms with Crippen molar-refractivity contribution in [2.24, 2.45) is 5.92 Å². The van der Waals surface area contributed by atoms with Crippen LogP contribution < -0.4 is 0 Å². The number of nitrogens with zero attached hydrogens (tertiary/aromatic N) is 5. The van der Waals surface area contributed by atoms with Crippen molar-refractivity contribution in [1.29, 1.82) is 0 Å². The largest absolute Gasteiger partial charge is 0.342 e. The standard InChI is InChI=1S/C18H29N5O2/c1-14-19-16(25-20-14)12-22-10-9-21(2)18(13-22)6-5-17(24)23(8-7-18)11-15-3-4-15/h15H,3-13H2,1-2H3/t18-/m1/s1. The van der Waals surface area contributed by atoms with E-state index in [4.69, 9.17) is 4.52 Å². The predicted octanol–water partition coefficient (Wildman–Crippen LogP) is 1.29. The summed E-state index contributed by atoms with van der Waals surface area (Å²) in [6.45, 7) is 7.41. The Balaban J connectivity index is 1.43. The highest BCUT2D eigenvalue weighted by Crippen LogP contribution is 2.35. The molecule has 1 aromatic heterocycles. The van der Waals surface area contributed by atoms with Gasteiger partial charge in [0.2, 0.25) is 11.8 Å². The van der Waals surface area contributed by atoms with Gasteiger partial charge >= 0.3 is 0 Å². The molecule has 138 valence electrons. The number of hydrogen-bond donors (Lipinski definition) is 0. The molecule has 0 bridgehead atoms. The summed E-state index contributed by atoms with van der Waals surface area (Å²) in [5.74, 6) is 2.49. The number of rotatable bonds is 4. The van der Waals surface area contributed by atoms with Crippen molar-refractivity contribution in [3.8, 4) is 0 Å². The number of amides is 1. The van der Waals surface area contributed by atoms with Gasteiger partial charge in [-0.15, -0.1) is 0 Å². The Morgan fingerprint density at radius 1 is 1.24 bits per heavy atom. The van der Waals surface area contributed by atoms with E-state index in [9.17, 15) is 4.79 Å². The first kappa shape index (κ1) is 17.0. The Labute approximate surface area is 149 Å². The van der Waals surface area contributed by atoms with Crippen LogP contribution in [-0.2, 0) is 11.3 Å². The third kappa shape index (κ3) is 3.72. The molecular formula is C18H29N5O2. The van der Waals surface area contributed by atoms with Gasteiger partial charge in [-0.2, -0.15) is 4.98 Å². The average Bonchev–Trinajstić information content (AvgIpc) is 3.34. The predicted molar refractivity (Wildman–Crippen MR) is 92.8 cm³/mol. The molecule has 1 spiro atoms. The molecule has 3 aliphatic rings. The number of hydrogen-bond acceptors (Lipinski definition) is 6. The zero-order valence-corrected chi connectivity index (χ0v) is 15.4. The number of aryl methyl sites for hydroxylation is 1. The highest BCUT2D eigenvalue weighted by atomic mass is 16.5. The van der Waals surface area contributed by atoms with Gasteiger partial charge in [-0.3, -0.25) is 14.6 Å². The fourth-order valence-electron chi connectivity index (χ4n) is 4.31. The van der Waals surface area contributed by atoms with E-state index in [2.05, 4.69) is 31.9 Å². The summed E-state index contributed by atoms with van der Waals surface area (Å²) in [5, 5.41) is 3.89. The summed E-state index contributed by atoms with van der Waals surface area (Å²) in [6.07, 6.45) is 5.27. The van der Waals surface area contributed by atoms with Gasteiger partial charge in [0.1, 0.15) is 0 Å². The lowest BCUT2D eigenvalue weighted by Gasteiger charge is -2.49. The number of piperazine rings is 1. The quantitative estimate of drug-likeness (QED) is 0.818. The van der Waals surface area contributed by atoms with Gasteiger partial charge in [0.15, 0.2) is 5.82 Å². The molecule has 0 N–H and O–H groups in total. The van der Waals surface area contributed by atoms with E-state index in [0.717, 1.165) is 51.5 Å². The molecule has 25 heavy (non-hydrogen) atoms. The van der Waals surface area contributed by atoms with Crippen LogP contribution in [0.1, 0.15) is 43.8 Å². The van der Waals surface area contributed by atoms with Crippen molar-refractivity contribution < 1.29 is 9.32 Å². The molecule has 3 fully saturated rings. The minimum Gasteiger partial charge on any atom is -0.342 e. The Hall–Kier alpha value is -1.47. The maximum absolute atomic E-state index is 12.5. The molecule has 0 radical (unpaired) electrons. The molecule has 7 nitrogen and oxygen atoms in total. The first-order chi connectivity index (χ1) is 12.0. The SMILES string of the molecule is Cc1noc(CN2CCN(C)[C@@]3(CCC(=O)N(CC4CC4)CC3)C2)n1. The van der Waals surface area contributed by atoms with E-state index in [1.807, 2.05) is 6.92 Å². The Bertz CT molecular complexity index is 629. The van der Waals surface area contributed by atoms with Crippen LogP contribution in [0.5, 0.6) is 0 Å². The van der Waals surface area contributed by atoms with Gasteiger partial charge in [-0.1, -0.05) is 5.16 Å². The normalized spacial score (nSPS) is 29.4. The van der Waals surface area contributed by atoms with Crippen molar-refractivity contribution in [3.05, 3.63) is 11.7 Å². The molecule has 2 aliphatic heterocycles. The molecule has 4 rings (SSSR count). The first-order valence-electron chi connectivity index (χ1n) is 9.55. The van der Waals surface area contributed by atoms with Gasteiger partial charge < -0.3 is 9.42 Å². The lowest BCUT2D eigenvalue weighted by Crippen LogP contribution is -2.60. The fraction of sp³-hybridized carbons (Fsp3) is 0.833. The first-order valence-corrected chi connectivity index (χ1v) is 9.55. The van der Waals surface area contributed by atoms with Crippen LogP contribution in [0.25, 0.3) is 0 Å². The molecule has 1 saturated carbocycles. The topological polar surface area (TPSA) is 65.7 Å². The van der Waals surface area contributed by atoms with E-state index in [1.165, 1.54) is 12.8 Å². The van der Waals surface area contributed by atoms with Gasteiger partial charge in [-0.25, -0.2) is 0 Å². The molecular weight excluding hydrogens is 318 g/mol. The summed E-state index contributed by atoms with van der Waals surface area (Å²) in [4.78, 5) is 23.9. The van der Waals surface area contributed by atoms with Crippen LogP contribution in [0.4, 0.5) is 0 Å². The van der Waals surface area contributed by atoms with E-state index in [1.54, 1.807) is 0 Å². The highest BCUT2D eigenvalue weighted by Gasteiger charge is 2.43.